The van der Waals surface area contributed by atoms with Crippen molar-refractivity contribution in [3.63, 3.8) is 0 Å². The molecule has 1 aliphatic heterocycles. The van der Waals surface area contributed by atoms with E-state index in [9.17, 15) is 9.59 Å². The van der Waals surface area contributed by atoms with Gasteiger partial charge in [-0.05, 0) is 37.1 Å². The number of hydrogen-bond donors (Lipinski definition) is 2. The summed E-state index contributed by atoms with van der Waals surface area (Å²) in [5.74, 6) is 0.257. The highest BCUT2D eigenvalue weighted by Crippen LogP contribution is 2.35. The molecule has 0 spiro atoms. The van der Waals surface area contributed by atoms with Crippen LogP contribution in [0.1, 0.15) is 38.1 Å². The van der Waals surface area contributed by atoms with E-state index in [2.05, 4.69) is 31.5 Å². The van der Waals surface area contributed by atoms with Crippen LogP contribution in [-0.4, -0.2) is 34.8 Å². The molecule has 1 unspecified atom stereocenters. The summed E-state index contributed by atoms with van der Waals surface area (Å²) >= 11 is 0. The number of ether oxygens (including phenoxy) is 1. The summed E-state index contributed by atoms with van der Waals surface area (Å²) < 4.78 is 10.4. The summed E-state index contributed by atoms with van der Waals surface area (Å²) in [5, 5.41) is 3.79. The number of aromatic nitrogens is 3. The first kappa shape index (κ1) is 19.0. The van der Waals surface area contributed by atoms with E-state index >= 15 is 0 Å². The molecule has 2 aromatic heterocycles. The number of nitrogens with one attached hydrogen (secondary N) is 2. The number of anilines is 1. The van der Waals surface area contributed by atoms with Crippen molar-refractivity contribution in [3.8, 4) is 17.0 Å². The topological polar surface area (TPSA) is 104 Å². The van der Waals surface area contributed by atoms with Crippen LogP contribution in [0.25, 0.3) is 11.3 Å². The van der Waals surface area contributed by atoms with Crippen LogP contribution in [0.5, 0.6) is 5.75 Å². The molecule has 1 aliphatic rings. The third-order valence-corrected chi connectivity index (χ3v) is 5.30. The molecule has 4 rings (SSSR count). The van der Waals surface area contributed by atoms with Gasteiger partial charge >= 0.3 is 5.76 Å². The van der Waals surface area contributed by atoms with Crippen LogP contribution >= 0.6 is 0 Å². The number of H-pyrrole nitrogens is 2. The molecule has 0 bridgehead atoms. The average Bonchev–Trinajstić information content (AvgIpc) is 3.14. The fraction of sp³-hybridized carbons (Fsp3) is 0.381. The van der Waals surface area contributed by atoms with Gasteiger partial charge in [-0.3, -0.25) is 14.3 Å². The Labute approximate surface area is 167 Å². The van der Waals surface area contributed by atoms with E-state index in [1.165, 1.54) is 0 Å². The van der Waals surface area contributed by atoms with E-state index in [0.29, 0.717) is 18.0 Å². The van der Waals surface area contributed by atoms with Crippen LogP contribution in [-0.2, 0) is 0 Å². The standard InChI is InChI=1S/C21H24N4O4/c1-4-25-9-10-28-17-8-5-13(11-16(17)25)15-7-6-14(20(26)22-15)18(12(2)3)19-23-21(27)29-24-19/h5-8,11-12,18H,4,9-10H2,1-3H3,(H,22,26)(H,23,24,27). The lowest BCUT2D eigenvalue weighted by molar-refractivity contribution is 0.308. The predicted octanol–water partition coefficient (Wildman–Crippen LogP) is 2.72. The zero-order valence-corrected chi connectivity index (χ0v) is 16.7. The summed E-state index contributed by atoms with van der Waals surface area (Å²) in [6.07, 6.45) is 0. The highest BCUT2D eigenvalue weighted by molar-refractivity contribution is 5.71. The van der Waals surface area contributed by atoms with E-state index in [0.717, 1.165) is 35.8 Å². The molecule has 1 aromatic carbocycles. The lowest BCUT2D eigenvalue weighted by atomic mass is 9.88. The fourth-order valence-corrected chi connectivity index (χ4v) is 3.86. The first-order chi connectivity index (χ1) is 14.0. The number of aromatic amines is 2. The number of nitrogens with zero attached hydrogens (tertiary/aromatic N) is 2. The Kier molecular flexibility index (Phi) is 5.00. The predicted molar refractivity (Wildman–Crippen MR) is 110 cm³/mol. The second-order valence-electron chi connectivity index (χ2n) is 7.47. The van der Waals surface area contributed by atoms with Crippen molar-refractivity contribution in [3.05, 3.63) is 62.6 Å². The van der Waals surface area contributed by atoms with Gasteiger partial charge in [-0.1, -0.05) is 25.1 Å². The molecular weight excluding hydrogens is 372 g/mol. The van der Waals surface area contributed by atoms with Gasteiger partial charge in [0.15, 0.2) is 5.82 Å². The van der Waals surface area contributed by atoms with Gasteiger partial charge in [0.1, 0.15) is 12.4 Å². The molecule has 0 radical (unpaired) electrons. The van der Waals surface area contributed by atoms with Crippen LogP contribution in [0.15, 0.2) is 44.4 Å². The zero-order valence-electron chi connectivity index (χ0n) is 16.7. The van der Waals surface area contributed by atoms with Crippen molar-refractivity contribution in [2.24, 2.45) is 5.92 Å². The molecule has 0 saturated carbocycles. The van der Waals surface area contributed by atoms with Crippen LogP contribution in [0.4, 0.5) is 5.69 Å². The minimum atomic E-state index is -0.629. The fourth-order valence-electron chi connectivity index (χ4n) is 3.86. The van der Waals surface area contributed by atoms with E-state index in [4.69, 9.17) is 4.74 Å². The molecule has 8 heteroatoms. The smallest absolute Gasteiger partial charge is 0.438 e. The van der Waals surface area contributed by atoms with Crippen molar-refractivity contribution in [2.45, 2.75) is 26.7 Å². The highest BCUT2D eigenvalue weighted by Gasteiger charge is 2.25. The van der Waals surface area contributed by atoms with Crippen LogP contribution in [0, 0.1) is 5.92 Å². The lowest BCUT2D eigenvalue weighted by Gasteiger charge is -2.30. The Morgan fingerprint density at radius 1 is 1.17 bits per heavy atom. The average molecular weight is 396 g/mol. The van der Waals surface area contributed by atoms with Gasteiger partial charge in [-0.15, -0.1) is 0 Å². The summed E-state index contributed by atoms with van der Waals surface area (Å²) in [7, 11) is 0. The number of likely N-dealkylation sites (N-methyl/N-ethyl adjacent to an activating group) is 1. The van der Waals surface area contributed by atoms with Crippen LogP contribution < -0.4 is 21.0 Å². The lowest BCUT2D eigenvalue weighted by Crippen LogP contribution is -2.32. The molecule has 2 N–H and O–H groups in total. The van der Waals surface area contributed by atoms with Crippen molar-refractivity contribution in [1.29, 1.82) is 0 Å². The maximum atomic E-state index is 12.9. The Morgan fingerprint density at radius 3 is 2.66 bits per heavy atom. The summed E-state index contributed by atoms with van der Waals surface area (Å²) in [5.41, 5.74) is 2.98. The summed E-state index contributed by atoms with van der Waals surface area (Å²) in [6, 6.07) is 9.59. The minimum Gasteiger partial charge on any atom is -0.490 e. The van der Waals surface area contributed by atoms with Crippen LogP contribution in [0.3, 0.4) is 0 Å². The van der Waals surface area contributed by atoms with Crippen molar-refractivity contribution >= 4 is 5.69 Å². The Hall–Kier alpha value is -3.29. The second-order valence-corrected chi connectivity index (χ2v) is 7.47. The first-order valence-electron chi connectivity index (χ1n) is 9.79. The Morgan fingerprint density at radius 2 is 2.00 bits per heavy atom. The van der Waals surface area contributed by atoms with Gasteiger partial charge in [0, 0.05) is 23.4 Å². The zero-order chi connectivity index (χ0) is 20.5. The maximum absolute atomic E-state index is 12.9. The molecule has 8 nitrogen and oxygen atoms in total. The van der Waals surface area contributed by atoms with E-state index in [1.54, 1.807) is 6.07 Å². The third-order valence-electron chi connectivity index (χ3n) is 5.30. The SMILES string of the molecule is CCN1CCOc2ccc(-c3ccc(C(c4noc(=O)[nH]4)C(C)C)c(=O)[nH]3)cc21. The monoisotopic (exact) mass is 396 g/mol. The molecule has 0 saturated heterocycles. The quantitative estimate of drug-likeness (QED) is 0.687. The number of rotatable bonds is 5. The van der Waals surface area contributed by atoms with Crippen molar-refractivity contribution < 1.29 is 9.26 Å². The number of pyridine rings is 1. The third kappa shape index (κ3) is 3.57. The van der Waals surface area contributed by atoms with E-state index in [1.807, 2.05) is 38.1 Å². The van der Waals surface area contributed by atoms with Gasteiger partial charge in [0.05, 0.1) is 18.2 Å². The van der Waals surface area contributed by atoms with Gasteiger partial charge in [0.2, 0.25) is 0 Å². The molecule has 3 aromatic rings. The molecule has 0 fully saturated rings. The Bertz CT molecular complexity index is 1130. The normalized spacial score (nSPS) is 14.6. The summed E-state index contributed by atoms with van der Waals surface area (Å²) in [6.45, 7) is 8.45. The minimum absolute atomic E-state index is 0.0432. The number of hydrogen-bond acceptors (Lipinski definition) is 6. The van der Waals surface area contributed by atoms with Gasteiger partial charge in [-0.2, -0.15) is 0 Å². The van der Waals surface area contributed by atoms with Gasteiger partial charge < -0.3 is 14.6 Å². The molecule has 152 valence electrons. The second kappa shape index (κ2) is 7.62. The molecule has 3 heterocycles. The molecule has 0 aliphatic carbocycles. The molecule has 29 heavy (non-hydrogen) atoms. The number of benzene rings is 1. The molecular formula is C21H24N4O4. The first-order valence-corrected chi connectivity index (χ1v) is 9.79. The van der Waals surface area contributed by atoms with E-state index < -0.39 is 5.76 Å². The maximum Gasteiger partial charge on any atom is 0.438 e. The van der Waals surface area contributed by atoms with Crippen molar-refractivity contribution in [2.75, 3.05) is 24.6 Å². The van der Waals surface area contributed by atoms with E-state index in [-0.39, 0.29) is 17.4 Å². The van der Waals surface area contributed by atoms with Gasteiger partial charge in [-0.25, -0.2) is 4.79 Å². The molecule has 0 amide bonds. The number of fused-ring (bicyclic) bond motifs is 1. The highest BCUT2D eigenvalue weighted by atomic mass is 16.5. The van der Waals surface area contributed by atoms with Crippen molar-refractivity contribution in [1.82, 2.24) is 15.1 Å². The molecule has 1 atom stereocenters. The summed E-state index contributed by atoms with van der Waals surface area (Å²) in [4.78, 5) is 32.1. The Balaban J connectivity index is 1.72. The van der Waals surface area contributed by atoms with Gasteiger partial charge in [0.25, 0.3) is 5.56 Å². The van der Waals surface area contributed by atoms with Crippen LogP contribution in [0.2, 0.25) is 0 Å². The largest absolute Gasteiger partial charge is 0.490 e.